The summed E-state index contributed by atoms with van der Waals surface area (Å²) in [5.41, 5.74) is 0. The summed E-state index contributed by atoms with van der Waals surface area (Å²) in [5, 5.41) is 11.1. The summed E-state index contributed by atoms with van der Waals surface area (Å²) in [6.45, 7) is 0. The molecule has 4 nitrogen and oxygen atoms in total. The number of nitrogens with one attached hydrogen (secondary N) is 1. The molecule has 0 aliphatic heterocycles. The summed E-state index contributed by atoms with van der Waals surface area (Å²) in [4.78, 5) is 12.0. The van der Waals surface area contributed by atoms with Crippen molar-refractivity contribution in [3.63, 3.8) is 0 Å². The maximum absolute atomic E-state index is 9.86. The first-order valence-corrected chi connectivity index (χ1v) is 3.01. The summed E-state index contributed by atoms with van der Waals surface area (Å²) in [6, 6.07) is 0. The van der Waals surface area contributed by atoms with Gasteiger partial charge in [-0.3, -0.25) is 0 Å². The molecule has 1 rings (SSSR count). The van der Waals surface area contributed by atoms with Crippen LogP contribution in [0.2, 0.25) is 10.0 Å². The molecule has 0 saturated heterocycles. The lowest BCUT2D eigenvalue weighted by Gasteiger charge is -1.80. The Morgan fingerprint density at radius 1 is 1.40 bits per heavy atom. The number of nitroso groups, excluding NO2 is 1. The van der Waals surface area contributed by atoms with Crippen LogP contribution >= 0.6 is 23.2 Å². The molecule has 2 N–H and O–H groups in total. The first-order chi connectivity index (χ1) is 4.66. The van der Waals surface area contributed by atoms with Crippen molar-refractivity contribution in [1.82, 2.24) is 4.98 Å². The van der Waals surface area contributed by atoms with Crippen LogP contribution in [0.5, 0.6) is 5.88 Å². The Bertz CT molecular complexity index is 270. The van der Waals surface area contributed by atoms with Crippen LogP contribution in [-0.4, -0.2) is 10.1 Å². The van der Waals surface area contributed by atoms with Gasteiger partial charge in [0.2, 0.25) is 5.88 Å². The number of aromatic nitrogens is 1. The Hall–Kier alpha value is -0.740. The number of aromatic hydroxyl groups is 1. The zero-order valence-corrected chi connectivity index (χ0v) is 6.07. The van der Waals surface area contributed by atoms with Crippen molar-refractivity contribution in [1.29, 1.82) is 0 Å². The van der Waals surface area contributed by atoms with Gasteiger partial charge in [-0.15, -0.1) is 4.91 Å². The van der Waals surface area contributed by atoms with E-state index in [-0.39, 0.29) is 21.7 Å². The van der Waals surface area contributed by atoms with E-state index in [9.17, 15) is 4.91 Å². The highest BCUT2D eigenvalue weighted by Crippen LogP contribution is 2.38. The third-order valence-electron chi connectivity index (χ3n) is 0.937. The Labute approximate surface area is 65.7 Å². The number of H-pyrrole nitrogens is 1. The van der Waals surface area contributed by atoms with Crippen LogP contribution in [0.1, 0.15) is 0 Å². The Morgan fingerprint density at radius 2 is 2.00 bits per heavy atom. The first kappa shape index (κ1) is 7.37. The third kappa shape index (κ3) is 0.955. The fourth-order valence-electron chi connectivity index (χ4n) is 0.493. The maximum atomic E-state index is 9.86. The number of halogens is 2. The summed E-state index contributed by atoms with van der Waals surface area (Å²) < 4.78 is 0. The van der Waals surface area contributed by atoms with Gasteiger partial charge in [0.1, 0.15) is 10.0 Å². The molecule has 0 atom stereocenters. The van der Waals surface area contributed by atoms with Crippen LogP contribution < -0.4 is 0 Å². The van der Waals surface area contributed by atoms with Gasteiger partial charge in [-0.1, -0.05) is 23.2 Å². The Balaban J connectivity index is 3.30. The molecule has 0 aromatic carbocycles. The minimum atomic E-state index is -0.346. The van der Waals surface area contributed by atoms with Crippen molar-refractivity contribution in [2.45, 2.75) is 0 Å². The van der Waals surface area contributed by atoms with E-state index in [1.807, 2.05) is 0 Å². The zero-order valence-electron chi connectivity index (χ0n) is 4.56. The van der Waals surface area contributed by atoms with E-state index in [2.05, 4.69) is 10.2 Å². The van der Waals surface area contributed by atoms with Gasteiger partial charge >= 0.3 is 0 Å². The zero-order chi connectivity index (χ0) is 7.72. The number of hydrogen-bond acceptors (Lipinski definition) is 3. The second kappa shape index (κ2) is 2.48. The number of aromatic amines is 1. The van der Waals surface area contributed by atoms with Crippen molar-refractivity contribution in [2.24, 2.45) is 5.18 Å². The fraction of sp³-hybridized carbons (Fsp3) is 0. The molecule has 0 amide bonds. The fourth-order valence-corrected chi connectivity index (χ4v) is 0.801. The average Bonchev–Trinajstić information content (AvgIpc) is 2.17. The molecule has 1 aromatic heterocycles. The molecule has 1 aromatic rings. The van der Waals surface area contributed by atoms with Crippen molar-refractivity contribution in [3.05, 3.63) is 15.0 Å². The lowest BCUT2D eigenvalue weighted by molar-refractivity contribution is 0.457. The largest absolute Gasteiger partial charge is 0.493 e. The molecule has 0 bridgehead atoms. The Kier molecular flexibility index (Phi) is 1.82. The summed E-state index contributed by atoms with van der Waals surface area (Å²) in [7, 11) is 0. The van der Waals surface area contributed by atoms with E-state index < -0.39 is 0 Å². The van der Waals surface area contributed by atoms with E-state index >= 15 is 0 Å². The van der Waals surface area contributed by atoms with Crippen LogP contribution in [0.25, 0.3) is 0 Å². The molecule has 1 heterocycles. The van der Waals surface area contributed by atoms with Gasteiger partial charge in [0.25, 0.3) is 0 Å². The van der Waals surface area contributed by atoms with Crippen molar-refractivity contribution < 1.29 is 5.11 Å². The van der Waals surface area contributed by atoms with Gasteiger partial charge in [0.05, 0.1) is 0 Å². The lowest BCUT2D eigenvalue weighted by atomic mass is 10.6. The number of hydrogen-bond donors (Lipinski definition) is 2. The SMILES string of the molecule is O=Nc1[nH]c(O)c(Cl)c1Cl. The van der Waals surface area contributed by atoms with E-state index in [0.717, 1.165) is 0 Å². The molecule has 6 heteroatoms. The van der Waals surface area contributed by atoms with Gasteiger partial charge < -0.3 is 10.1 Å². The second-order valence-electron chi connectivity index (χ2n) is 1.54. The molecule has 0 unspecified atom stereocenters. The quantitative estimate of drug-likeness (QED) is 0.653. The lowest BCUT2D eigenvalue weighted by Crippen LogP contribution is -1.58. The van der Waals surface area contributed by atoms with Gasteiger partial charge in [-0.05, 0) is 5.18 Å². The smallest absolute Gasteiger partial charge is 0.211 e. The topological polar surface area (TPSA) is 65.5 Å². The molecular formula is C4H2Cl2N2O2. The summed E-state index contributed by atoms with van der Waals surface area (Å²) >= 11 is 10.8. The predicted octanol–water partition coefficient (Wildman–Crippen LogP) is 2.43. The molecule has 0 spiro atoms. The van der Waals surface area contributed by atoms with Crippen LogP contribution in [0, 0.1) is 4.91 Å². The van der Waals surface area contributed by atoms with Crippen molar-refractivity contribution in [3.8, 4) is 5.88 Å². The third-order valence-corrected chi connectivity index (χ3v) is 1.77. The van der Waals surface area contributed by atoms with Crippen molar-refractivity contribution in [2.75, 3.05) is 0 Å². The molecule has 10 heavy (non-hydrogen) atoms. The number of rotatable bonds is 1. The molecule has 0 aliphatic rings. The summed E-state index contributed by atoms with van der Waals surface area (Å²) in [5.74, 6) is -0.509. The average molecular weight is 181 g/mol. The van der Waals surface area contributed by atoms with E-state index in [1.165, 1.54) is 0 Å². The minimum absolute atomic E-state index is 0.0610. The van der Waals surface area contributed by atoms with Gasteiger partial charge in [0.15, 0.2) is 5.82 Å². The van der Waals surface area contributed by atoms with Crippen LogP contribution in [0.4, 0.5) is 5.82 Å². The van der Waals surface area contributed by atoms with Crippen LogP contribution in [0.3, 0.4) is 0 Å². The molecular weight excluding hydrogens is 179 g/mol. The van der Waals surface area contributed by atoms with Crippen LogP contribution in [-0.2, 0) is 0 Å². The summed E-state index contributed by atoms with van der Waals surface area (Å²) in [6.07, 6.45) is 0. The maximum Gasteiger partial charge on any atom is 0.211 e. The van der Waals surface area contributed by atoms with E-state index in [0.29, 0.717) is 0 Å². The normalized spacial score (nSPS) is 9.80. The number of nitrogens with zero attached hydrogens (tertiary/aromatic N) is 1. The molecule has 54 valence electrons. The van der Waals surface area contributed by atoms with Crippen LogP contribution in [0.15, 0.2) is 5.18 Å². The minimum Gasteiger partial charge on any atom is -0.493 e. The van der Waals surface area contributed by atoms with Gasteiger partial charge in [-0.25, -0.2) is 0 Å². The standard InChI is InChI=1S/C4H2Cl2N2O2/c5-1-2(6)4(9)7-3(1)8-10/h7,9H. The predicted molar refractivity (Wildman–Crippen MR) is 37.9 cm³/mol. The van der Waals surface area contributed by atoms with Gasteiger partial charge in [-0.2, -0.15) is 0 Å². The highest BCUT2D eigenvalue weighted by Gasteiger charge is 2.13. The van der Waals surface area contributed by atoms with Crippen molar-refractivity contribution >= 4 is 29.0 Å². The first-order valence-electron chi connectivity index (χ1n) is 2.26. The molecule has 0 aliphatic carbocycles. The monoisotopic (exact) mass is 180 g/mol. The molecule has 0 radical (unpaired) electrons. The molecule has 0 saturated carbocycles. The Morgan fingerprint density at radius 3 is 2.20 bits per heavy atom. The highest BCUT2D eigenvalue weighted by molar-refractivity contribution is 6.44. The highest BCUT2D eigenvalue weighted by atomic mass is 35.5. The van der Waals surface area contributed by atoms with Gasteiger partial charge in [0, 0.05) is 0 Å². The molecule has 0 fully saturated rings. The second-order valence-corrected chi connectivity index (χ2v) is 2.30. The van der Waals surface area contributed by atoms with E-state index in [1.54, 1.807) is 0 Å². The van der Waals surface area contributed by atoms with E-state index in [4.69, 9.17) is 28.3 Å².